The summed E-state index contributed by atoms with van der Waals surface area (Å²) < 4.78 is 73.3. The molecule has 1 aliphatic heterocycles. The fourth-order valence-electron chi connectivity index (χ4n) is 5.69. The molecule has 0 saturated carbocycles. The van der Waals surface area contributed by atoms with Crippen molar-refractivity contribution in [3.05, 3.63) is 94.3 Å². The van der Waals surface area contributed by atoms with Gasteiger partial charge in [0.25, 0.3) is 5.91 Å². The molecule has 14 heteroatoms. The third-order valence-corrected chi connectivity index (χ3v) is 10.6. The number of likely N-dealkylation sites (tertiary alicyclic amines) is 1. The topological polar surface area (TPSA) is 122 Å². The Labute approximate surface area is 270 Å². The zero-order chi connectivity index (χ0) is 33.8. The van der Waals surface area contributed by atoms with E-state index in [9.17, 15) is 36.0 Å². The molecule has 1 saturated heterocycles. The van der Waals surface area contributed by atoms with Gasteiger partial charge in [0.15, 0.2) is 27.3 Å². The van der Waals surface area contributed by atoms with Gasteiger partial charge in [-0.1, -0.05) is 48.9 Å². The van der Waals surface area contributed by atoms with E-state index in [1.807, 2.05) is 37.3 Å². The quantitative estimate of drug-likeness (QED) is 0.271. The van der Waals surface area contributed by atoms with E-state index in [2.05, 4.69) is 10.6 Å². The molecule has 46 heavy (non-hydrogen) atoms. The number of anilines is 1. The van der Waals surface area contributed by atoms with Crippen molar-refractivity contribution in [2.45, 2.75) is 67.8 Å². The normalized spacial score (nSPS) is 18.8. The van der Waals surface area contributed by atoms with Crippen LogP contribution in [0.25, 0.3) is 0 Å². The van der Waals surface area contributed by atoms with E-state index in [1.165, 1.54) is 19.2 Å². The SMILES string of the molecule is CCC1C[C@@H](S(=O)(=O)c2cc(C(=O)Nc3cc(F)c(F)c(F)c3)ccc2Cl)C[C@H](C)N1C(=O)[C@H](Cc1ccccc1)NC(=O)OC. The number of methoxy groups -OCH3 is 1. The highest BCUT2D eigenvalue weighted by Crippen LogP contribution is 2.36. The Hall–Kier alpha value is -4.10. The van der Waals surface area contributed by atoms with E-state index in [0.29, 0.717) is 18.6 Å². The summed E-state index contributed by atoms with van der Waals surface area (Å²) in [6, 6.07) is 11.8. The Morgan fingerprint density at radius 3 is 2.28 bits per heavy atom. The number of nitrogens with zero attached hydrogens (tertiary/aromatic N) is 1. The minimum absolute atomic E-state index is 0.0434. The lowest BCUT2D eigenvalue weighted by Gasteiger charge is -2.45. The van der Waals surface area contributed by atoms with Crippen molar-refractivity contribution in [1.82, 2.24) is 10.2 Å². The van der Waals surface area contributed by atoms with Gasteiger partial charge < -0.3 is 20.3 Å². The first-order chi connectivity index (χ1) is 21.8. The number of sulfone groups is 1. The van der Waals surface area contributed by atoms with Crippen molar-refractivity contribution in [2.75, 3.05) is 12.4 Å². The summed E-state index contributed by atoms with van der Waals surface area (Å²) in [5.74, 6) is -5.99. The lowest BCUT2D eigenvalue weighted by Crippen LogP contribution is -2.59. The van der Waals surface area contributed by atoms with Crippen LogP contribution in [0.5, 0.6) is 0 Å². The Balaban J connectivity index is 1.57. The number of rotatable bonds is 9. The molecule has 3 aromatic rings. The summed E-state index contributed by atoms with van der Waals surface area (Å²) in [5.41, 5.74) is 0.270. The highest BCUT2D eigenvalue weighted by atomic mass is 35.5. The van der Waals surface area contributed by atoms with Crippen LogP contribution in [0.2, 0.25) is 5.02 Å². The smallest absolute Gasteiger partial charge is 0.407 e. The lowest BCUT2D eigenvalue weighted by atomic mass is 9.92. The lowest BCUT2D eigenvalue weighted by molar-refractivity contribution is -0.140. The molecule has 0 aliphatic carbocycles. The number of carbonyl (C=O) groups is 3. The predicted molar refractivity (Wildman–Crippen MR) is 166 cm³/mol. The molecule has 4 rings (SSSR count). The molecule has 1 aliphatic rings. The molecule has 2 N–H and O–H groups in total. The number of hydrogen-bond donors (Lipinski definition) is 2. The van der Waals surface area contributed by atoms with E-state index < -0.39 is 62.7 Å². The van der Waals surface area contributed by atoms with Crippen molar-refractivity contribution in [3.63, 3.8) is 0 Å². The first kappa shape index (κ1) is 34.8. The largest absolute Gasteiger partial charge is 0.453 e. The molecule has 4 atom stereocenters. The number of piperidine rings is 1. The van der Waals surface area contributed by atoms with Crippen molar-refractivity contribution in [2.24, 2.45) is 0 Å². The number of ether oxygens (including phenoxy) is 1. The number of hydrogen-bond acceptors (Lipinski definition) is 6. The minimum Gasteiger partial charge on any atom is -0.453 e. The van der Waals surface area contributed by atoms with Crippen LogP contribution < -0.4 is 10.6 Å². The molecular formula is C32H33ClF3N3O6S. The fraction of sp³-hybridized carbons (Fsp3) is 0.344. The molecule has 0 bridgehead atoms. The van der Waals surface area contributed by atoms with Gasteiger partial charge in [0.1, 0.15) is 6.04 Å². The van der Waals surface area contributed by atoms with E-state index in [-0.39, 0.29) is 46.3 Å². The van der Waals surface area contributed by atoms with Crippen molar-refractivity contribution < 1.29 is 40.7 Å². The van der Waals surface area contributed by atoms with Gasteiger partial charge in [0.2, 0.25) is 5.91 Å². The van der Waals surface area contributed by atoms with Crippen LogP contribution in [0.1, 0.15) is 49.0 Å². The molecule has 246 valence electrons. The average Bonchev–Trinajstić information content (AvgIpc) is 3.02. The van der Waals surface area contributed by atoms with Gasteiger partial charge in [-0.25, -0.2) is 26.4 Å². The maximum Gasteiger partial charge on any atom is 0.407 e. The molecule has 9 nitrogen and oxygen atoms in total. The molecule has 0 radical (unpaired) electrons. The Bertz CT molecular complexity index is 1700. The van der Waals surface area contributed by atoms with Gasteiger partial charge >= 0.3 is 6.09 Å². The Morgan fingerprint density at radius 2 is 1.67 bits per heavy atom. The van der Waals surface area contributed by atoms with Crippen LogP contribution in [-0.4, -0.2) is 61.7 Å². The number of carbonyl (C=O) groups excluding carboxylic acids is 3. The summed E-state index contributed by atoms with van der Waals surface area (Å²) in [6.45, 7) is 3.55. The van der Waals surface area contributed by atoms with Gasteiger partial charge in [-0.15, -0.1) is 0 Å². The van der Waals surface area contributed by atoms with Crippen molar-refractivity contribution >= 4 is 45.0 Å². The van der Waals surface area contributed by atoms with Crippen LogP contribution >= 0.6 is 11.6 Å². The number of amides is 3. The molecule has 3 aromatic carbocycles. The summed E-state index contributed by atoms with van der Waals surface area (Å²) in [5, 5.41) is 3.72. The standard InChI is InChI=1S/C32H33ClF3N3O6S/c1-4-22-17-23(12-18(2)39(22)31(41)27(38-32(42)45-3)13-19-8-6-5-7-9-19)46(43,44)28-14-20(10-11-24(28)33)30(40)37-21-15-25(34)29(36)26(35)16-21/h5-11,14-16,18,22-23,27H,4,12-13,17H2,1-3H3,(H,37,40)(H,38,42)/t18-,22?,23-,27-/m0/s1. The van der Waals surface area contributed by atoms with Gasteiger partial charge in [-0.05, 0) is 49.9 Å². The number of halogens is 4. The van der Waals surface area contributed by atoms with E-state index in [0.717, 1.165) is 11.6 Å². The first-order valence-corrected chi connectivity index (χ1v) is 16.4. The van der Waals surface area contributed by atoms with Gasteiger partial charge in [0.05, 0.1) is 22.3 Å². The molecular weight excluding hydrogens is 647 g/mol. The number of nitrogens with one attached hydrogen (secondary N) is 2. The van der Waals surface area contributed by atoms with E-state index in [1.54, 1.807) is 11.8 Å². The third kappa shape index (κ3) is 7.64. The maximum atomic E-state index is 14.0. The summed E-state index contributed by atoms with van der Waals surface area (Å²) in [7, 11) is -2.97. The number of alkyl carbamates (subject to hydrolysis) is 1. The molecule has 3 amide bonds. The maximum absolute atomic E-state index is 14.0. The van der Waals surface area contributed by atoms with Gasteiger partial charge in [-0.3, -0.25) is 9.59 Å². The second kappa shape index (κ2) is 14.5. The monoisotopic (exact) mass is 679 g/mol. The highest BCUT2D eigenvalue weighted by Gasteiger charge is 2.43. The van der Waals surface area contributed by atoms with Crippen LogP contribution in [0.3, 0.4) is 0 Å². The van der Waals surface area contributed by atoms with Crippen LogP contribution in [0.4, 0.5) is 23.7 Å². The Kier molecular flexibility index (Phi) is 11.0. The zero-order valence-corrected chi connectivity index (χ0v) is 26.8. The molecule has 0 aromatic heterocycles. The fourth-order valence-corrected chi connectivity index (χ4v) is 8.12. The van der Waals surface area contributed by atoms with Crippen LogP contribution in [0, 0.1) is 17.5 Å². The van der Waals surface area contributed by atoms with E-state index >= 15 is 0 Å². The first-order valence-electron chi connectivity index (χ1n) is 14.5. The highest BCUT2D eigenvalue weighted by molar-refractivity contribution is 7.92. The van der Waals surface area contributed by atoms with Crippen molar-refractivity contribution in [1.29, 1.82) is 0 Å². The van der Waals surface area contributed by atoms with E-state index in [4.69, 9.17) is 16.3 Å². The second-order valence-electron chi connectivity index (χ2n) is 11.0. The summed E-state index contributed by atoms with van der Waals surface area (Å²) >= 11 is 6.32. The molecule has 1 fully saturated rings. The molecule has 1 heterocycles. The van der Waals surface area contributed by atoms with Gasteiger partial charge in [-0.2, -0.15) is 0 Å². The zero-order valence-electron chi connectivity index (χ0n) is 25.2. The molecule has 0 spiro atoms. The van der Waals surface area contributed by atoms with Crippen LogP contribution in [0.15, 0.2) is 65.6 Å². The summed E-state index contributed by atoms with van der Waals surface area (Å²) in [6.07, 6.45) is -0.0638. The van der Waals surface area contributed by atoms with Gasteiger partial charge in [0, 0.05) is 41.9 Å². The third-order valence-electron chi connectivity index (χ3n) is 7.97. The summed E-state index contributed by atoms with van der Waals surface area (Å²) in [4.78, 5) is 40.2. The van der Waals surface area contributed by atoms with Crippen LogP contribution in [-0.2, 0) is 25.8 Å². The Morgan fingerprint density at radius 1 is 1.02 bits per heavy atom. The predicted octanol–water partition coefficient (Wildman–Crippen LogP) is 5.91. The second-order valence-corrected chi connectivity index (χ2v) is 13.6. The number of benzene rings is 3. The average molecular weight is 680 g/mol. The van der Waals surface area contributed by atoms with Crippen molar-refractivity contribution in [3.8, 4) is 0 Å². The molecule has 1 unspecified atom stereocenters. The minimum atomic E-state index is -4.17.